The van der Waals surface area contributed by atoms with Gasteiger partial charge in [0.2, 0.25) is 5.82 Å². The first-order chi connectivity index (χ1) is 11.7. The molecule has 0 atom stereocenters. The molecule has 0 spiro atoms. The quantitative estimate of drug-likeness (QED) is 0.393. The molecule has 0 unspecified atom stereocenters. The number of aryl methyl sites for hydroxylation is 1. The lowest BCUT2D eigenvalue weighted by Crippen LogP contribution is -2.16. The molecule has 3 rings (SSSR count). The van der Waals surface area contributed by atoms with Crippen molar-refractivity contribution in [3.63, 3.8) is 0 Å². The standard InChI is InChI=1S/C19H18N2O3/c1-3-4-12-21-17-11-6-5-10-16(17)20-18(21)19(22)24-15-9-7-8-14(13-15)23-2/h3,5-11,13H,1,4,12H2,2H3. The Bertz CT molecular complexity index is 883. The number of methoxy groups -OCH3 is 1. The Morgan fingerprint density at radius 3 is 2.79 bits per heavy atom. The molecule has 0 aliphatic rings. The molecule has 24 heavy (non-hydrogen) atoms. The highest BCUT2D eigenvalue weighted by Gasteiger charge is 2.19. The maximum absolute atomic E-state index is 12.6. The van der Waals surface area contributed by atoms with Crippen molar-refractivity contribution in [2.24, 2.45) is 0 Å². The molecule has 3 aromatic rings. The van der Waals surface area contributed by atoms with Gasteiger partial charge in [-0.1, -0.05) is 24.3 Å². The van der Waals surface area contributed by atoms with Crippen LogP contribution in [0.25, 0.3) is 11.0 Å². The number of nitrogens with zero attached hydrogens (tertiary/aromatic N) is 2. The van der Waals surface area contributed by atoms with E-state index in [1.807, 2.05) is 34.9 Å². The zero-order chi connectivity index (χ0) is 16.9. The number of hydrogen-bond acceptors (Lipinski definition) is 4. The predicted molar refractivity (Wildman–Crippen MR) is 92.5 cm³/mol. The molecule has 0 amide bonds. The number of para-hydroxylation sites is 2. The van der Waals surface area contributed by atoms with Crippen molar-refractivity contribution in [3.05, 3.63) is 67.0 Å². The Morgan fingerprint density at radius 2 is 2.00 bits per heavy atom. The van der Waals surface area contributed by atoms with Gasteiger partial charge in [0.1, 0.15) is 11.5 Å². The number of carbonyl (C=O) groups is 1. The first kappa shape index (κ1) is 15.8. The molecule has 0 N–H and O–H groups in total. The zero-order valence-electron chi connectivity index (χ0n) is 13.4. The van der Waals surface area contributed by atoms with Gasteiger partial charge in [-0.15, -0.1) is 6.58 Å². The average Bonchev–Trinajstić information content (AvgIpc) is 2.99. The maximum atomic E-state index is 12.6. The van der Waals surface area contributed by atoms with Crippen molar-refractivity contribution < 1.29 is 14.3 Å². The Morgan fingerprint density at radius 1 is 1.21 bits per heavy atom. The largest absolute Gasteiger partial charge is 0.497 e. The highest BCUT2D eigenvalue weighted by atomic mass is 16.5. The fourth-order valence-corrected chi connectivity index (χ4v) is 2.50. The highest BCUT2D eigenvalue weighted by Crippen LogP contribution is 2.22. The Balaban J connectivity index is 1.94. The molecule has 5 heteroatoms. The zero-order valence-corrected chi connectivity index (χ0v) is 13.4. The molecule has 0 bridgehead atoms. The number of ether oxygens (including phenoxy) is 2. The van der Waals surface area contributed by atoms with Crippen LogP contribution in [0.1, 0.15) is 17.0 Å². The molecule has 0 aliphatic heterocycles. The Kier molecular flexibility index (Phi) is 4.61. The molecule has 0 aliphatic carbocycles. The summed E-state index contributed by atoms with van der Waals surface area (Å²) >= 11 is 0. The topological polar surface area (TPSA) is 53.4 Å². The van der Waals surface area contributed by atoms with Crippen LogP contribution in [0.5, 0.6) is 11.5 Å². The van der Waals surface area contributed by atoms with Crippen molar-refractivity contribution in [1.82, 2.24) is 9.55 Å². The van der Waals surface area contributed by atoms with Gasteiger partial charge >= 0.3 is 5.97 Å². The summed E-state index contributed by atoms with van der Waals surface area (Å²) in [7, 11) is 1.57. The summed E-state index contributed by atoms with van der Waals surface area (Å²) in [5, 5.41) is 0. The van der Waals surface area contributed by atoms with E-state index in [0.717, 1.165) is 17.5 Å². The van der Waals surface area contributed by atoms with Crippen LogP contribution in [0, 0.1) is 0 Å². The Labute approximate surface area is 140 Å². The van der Waals surface area contributed by atoms with Crippen LogP contribution in [0.2, 0.25) is 0 Å². The minimum absolute atomic E-state index is 0.279. The second kappa shape index (κ2) is 7.00. The van der Waals surface area contributed by atoms with Gasteiger partial charge in [-0.05, 0) is 30.7 Å². The number of imidazole rings is 1. The van der Waals surface area contributed by atoms with E-state index in [-0.39, 0.29) is 5.82 Å². The van der Waals surface area contributed by atoms with Gasteiger partial charge in [-0.25, -0.2) is 9.78 Å². The van der Waals surface area contributed by atoms with E-state index in [2.05, 4.69) is 11.6 Å². The summed E-state index contributed by atoms with van der Waals surface area (Å²) < 4.78 is 12.5. The molecule has 0 saturated heterocycles. The number of fused-ring (bicyclic) bond motifs is 1. The van der Waals surface area contributed by atoms with Gasteiger partial charge in [0.25, 0.3) is 0 Å². The number of hydrogen-bond donors (Lipinski definition) is 0. The van der Waals surface area contributed by atoms with Crippen LogP contribution in [-0.4, -0.2) is 22.6 Å². The van der Waals surface area contributed by atoms with Crippen LogP contribution in [-0.2, 0) is 6.54 Å². The summed E-state index contributed by atoms with van der Waals surface area (Å²) in [5.74, 6) is 0.825. The predicted octanol–water partition coefficient (Wildman–Crippen LogP) is 3.84. The number of benzene rings is 2. The average molecular weight is 322 g/mol. The van der Waals surface area contributed by atoms with E-state index in [4.69, 9.17) is 9.47 Å². The molecule has 122 valence electrons. The molecule has 1 heterocycles. The molecule has 0 radical (unpaired) electrons. The second-order valence-corrected chi connectivity index (χ2v) is 5.22. The van der Waals surface area contributed by atoms with Gasteiger partial charge in [-0.3, -0.25) is 0 Å². The highest BCUT2D eigenvalue weighted by molar-refractivity contribution is 5.92. The first-order valence-electron chi connectivity index (χ1n) is 7.65. The lowest BCUT2D eigenvalue weighted by atomic mass is 10.3. The monoisotopic (exact) mass is 322 g/mol. The van der Waals surface area contributed by atoms with Gasteiger partial charge in [-0.2, -0.15) is 0 Å². The third kappa shape index (κ3) is 3.15. The number of carbonyl (C=O) groups excluding carboxylic acids is 1. The maximum Gasteiger partial charge on any atom is 0.379 e. The smallest absolute Gasteiger partial charge is 0.379 e. The molecule has 0 fully saturated rings. The normalized spacial score (nSPS) is 10.5. The van der Waals surface area contributed by atoms with E-state index in [1.54, 1.807) is 31.4 Å². The van der Waals surface area contributed by atoms with Crippen molar-refractivity contribution in [1.29, 1.82) is 0 Å². The molecular formula is C19H18N2O3. The van der Waals surface area contributed by atoms with Crippen LogP contribution >= 0.6 is 0 Å². The third-order valence-electron chi connectivity index (χ3n) is 3.65. The lowest BCUT2D eigenvalue weighted by Gasteiger charge is -2.08. The first-order valence-corrected chi connectivity index (χ1v) is 7.65. The third-order valence-corrected chi connectivity index (χ3v) is 3.65. The van der Waals surface area contributed by atoms with Crippen LogP contribution in [0.4, 0.5) is 0 Å². The van der Waals surface area contributed by atoms with Crippen LogP contribution < -0.4 is 9.47 Å². The molecule has 0 saturated carbocycles. The van der Waals surface area contributed by atoms with E-state index in [1.165, 1.54) is 0 Å². The van der Waals surface area contributed by atoms with Gasteiger partial charge in [0, 0.05) is 12.6 Å². The van der Waals surface area contributed by atoms with Crippen LogP contribution in [0.3, 0.4) is 0 Å². The minimum atomic E-state index is -0.497. The van der Waals surface area contributed by atoms with Gasteiger partial charge < -0.3 is 14.0 Å². The van der Waals surface area contributed by atoms with E-state index in [9.17, 15) is 4.79 Å². The molecule has 2 aromatic carbocycles. The summed E-state index contributed by atoms with van der Waals surface area (Å²) in [4.78, 5) is 17.0. The van der Waals surface area contributed by atoms with E-state index >= 15 is 0 Å². The minimum Gasteiger partial charge on any atom is -0.497 e. The number of allylic oxidation sites excluding steroid dienone is 1. The summed E-state index contributed by atoms with van der Waals surface area (Å²) in [6.45, 7) is 4.36. The Hall–Kier alpha value is -3.08. The fourth-order valence-electron chi connectivity index (χ4n) is 2.50. The van der Waals surface area contributed by atoms with Crippen molar-refractivity contribution in [2.75, 3.05) is 7.11 Å². The molecule has 1 aromatic heterocycles. The van der Waals surface area contributed by atoms with Crippen molar-refractivity contribution >= 4 is 17.0 Å². The molecule has 5 nitrogen and oxygen atoms in total. The van der Waals surface area contributed by atoms with Gasteiger partial charge in [0.05, 0.1) is 18.1 Å². The second-order valence-electron chi connectivity index (χ2n) is 5.22. The summed E-state index contributed by atoms with van der Waals surface area (Å²) in [5.41, 5.74) is 1.66. The number of aromatic nitrogens is 2. The lowest BCUT2D eigenvalue weighted by molar-refractivity contribution is 0.0717. The molecular weight excluding hydrogens is 304 g/mol. The number of rotatable bonds is 6. The fraction of sp³-hybridized carbons (Fsp3) is 0.158. The van der Waals surface area contributed by atoms with Crippen molar-refractivity contribution in [2.45, 2.75) is 13.0 Å². The van der Waals surface area contributed by atoms with E-state index in [0.29, 0.717) is 18.0 Å². The SMILES string of the molecule is C=CCCn1c(C(=O)Oc2cccc(OC)c2)nc2ccccc21. The van der Waals surface area contributed by atoms with Gasteiger partial charge in [0.15, 0.2) is 0 Å². The number of esters is 1. The summed E-state index contributed by atoms with van der Waals surface area (Å²) in [6.07, 6.45) is 2.55. The van der Waals surface area contributed by atoms with E-state index < -0.39 is 5.97 Å². The van der Waals surface area contributed by atoms with Crippen molar-refractivity contribution in [3.8, 4) is 11.5 Å². The van der Waals surface area contributed by atoms with Crippen LogP contribution in [0.15, 0.2) is 61.2 Å². The summed E-state index contributed by atoms with van der Waals surface area (Å²) in [6, 6.07) is 14.6.